The molecule has 1 N–H and O–H groups in total. The van der Waals surface area contributed by atoms with E-state index in [2.05, 4.69) is 52.5 Å². The molecule has 0 spiro atoms. The molecule has 3 nitrogen and oxygen atoms in total. The second-order valence-electron chi connectivity index (χ2n) is 6.40. The number of imidazole rings is 1. The Kier molecular flexibility index (Phi) is 5.46. The zero-order valence-corrected chi connectivity index (χ0v) is 14.6. The quantitative estimate of drug-likeness (QED) is 0.657. The van der Waals surface area contributed by atoms with Gasteiger partial charge in [-0.25, -0.2) is 4.98 Å². The number of hydrogen-bond acceptors (Lipinski definition) is 2. The van der Waals surface area contributed by atoms with E-state index in [1.165, 1.54) is 11.1 Å². The van der Waals surface area contributed by atoms with Crippen LogP contribution < -0.4 is 0 Å². The minimum atomic E-state index is -0.412. The lowest BCUT2D eigenvalue weighted by molar-refractivity contribution is 0.193. The molecule has 0 saturated carbocycles. The van der Waals surface area contributed by atoms with E-state index in [1.807, 2.05) is 37.5 Å². The number of allylic oxidation sites excluding steroid dienone is 1. The summed E-state index contributed by atoms with van der Waals surface area (Å²) < 4.78 is 2.14. The highest BCUT2D eigenvalue weighted by Gasteiger charge is 2.15. The first-order chi connectivity index (χ1) is 12.2. The van der Waals surface area contributed by atoms with Gasteiger partial charge >= 0.3 is 0 Å². The maximum atomic E-state index is 9.95. The number of nitrogens with zero attached hydrogens (tertiary/aromatic N) is 2. The van der Waals surface area contributed by atoms with Crippen molar-refractivity contribution in [1.29, 1.82) is 0 Å². The first kappa shape index (κ1) is 17.2. The van der Waals surface area contributed by atoms with Crippen LogP contribution in [0.4, 0.5) is 0 Å². The second-order valence-corrected chi connectivity index (χ2v) is 6.40. The molecule has 3 heteroatoms. The average Bonchev–Trinajstić information content (AvgIpc) is 2.98. The van der Waals surface area contributed by atoms with E-state index in [0.717, 1.165) is 29.9 Å². The molecule has 128 valence electrons. The largest absolute Gasteiger partial charge is 0.393 e. The predicted octanol–water partition coefficient (Wildman–Crippen LogP) is 4.25. The highest BCUT2D eigenvalue weighted by molar-refractivity contribution is 5.62. The molecule has 0 radical (unpaired) electrons. The Morgan fingerprint density at radius 1 is 1.12 bits per heavy atom. The van der Waals surface area contributed by atoms with E-state index < -0.39 is 6.10 Å². The third kappa shape index (κ3) is 4.25. The summed E-state index contributed by atoms with van der Waals surface area (Å²) in [5.74, 6) is 0. The molecule has 0 aliphatic rings. The van der Waals surface area contributed by atoms with Crippen LogP contribution in [0.3, 0.4) is 0 Å². The Labute approximate surface area is 149 Å². The van der Waals surface area contributed by atoms with Crippen LogP contribution in [0, 0.1) is 0 Å². The highest BCUT2D eigenvalue weighted by Crippen LogP contribution is 2.24. The van der Waals surface area contributed by atoms with Crippen LogP contribution in [0.5, 0.6) is 0 Å². The number of benzene rings is 2. The first-order valence-electron chi connectivity index (χ1n) is 8.63. The summed E-state index contributed by atoms with van der Waals surface area (Å²) in [6.45, 7) is 6.37. The summed E-state index contributed by atoms with van der Waals surface area (Å²) in [7, 11) is 0. The minimum Gasteiger partial charge on any atom is -0.393 e. The van der Waals surface area contributed by atoms with E-state index >= 15 is 0 Å². The van der Waals surface area contributed by atoms with Gasteiger partial charge in [0.05, 0.1) is 18.1 Å². The second kappa shape index (κ2) is 7.95. The molecule has 1 unspecified atom stereocenters. The third-order valence-electron chi connectivity index (χ3n) is 4.21. The molecule has 1 aromatic heterocycles. The Balaban J connectivity index is 1.94. The van der Waals surface area contributed by atoms with Crippen molar-refractivity contribution in [3.8, 4) is 11.3 Å². The summed E-state index contributed by atoms with van der Waals surface area (Å²) in [6, 6.07) is 18.7. The Hall–Kier alpha value is -2.65. The van der Waals surface area contributed by atoms with Crippen molar-refractivity contribution in [3.63, 3.8) is 0 Å². The third-order valence-corrected chi connectivity index (χ3v) is 4.21. The standard InChI is InChI=1S/C22H24N2O/c1-3-8-18-9-7-10-19(14-18)15-24-16-23-22(21(24)13-17(2)25)20-11-5-4-6-12-20/h3-7,9-12,14,16-17,25H,1,8,13,15H2,2H3. The molecule has 1 heterocycles. The van der Waals surface area contributed by atoms with Gasteiger partial charge in [0.15, 0.2) is 0 Å². The van der Waals surface area contributed by atoms with Crippen molar-refractivity contribution < 1.29 is 5.11 Å². The van der Waals surface area contributed by atoms with Crippen LogP contribution >= 0.6 is 0 Å². The number of aromatic nitrogens is 2. The van der Waals surface area contributed by atoms with Crippen LogP contribution in [0.15, 0.2) is 73.6 Å². The maximum Gasteiger partial charge on any atom is 0.0959 e. The Bertz CT molecular complexity index is 834. The molecule has 0 aliphatic heterocycles. The summed E-state index contributed by atoms with van der Waals surface area (Å²) in [5.41, 5.74) is 5.58. The van der Waals surface area contributed by atoms with E-state index in [9.17, 15) is 5.11 Å². The zero-order valence-electron chi connectivity index (χ0n) is 14.6. The number of hydrogen-bond donors (Lipinski definition) is 1. The molecule has 2 aromatic carbocycles. The molecule has 25 heavy (non-hydrogen) atoms. The van der Waals surface area contributed by atoms with E-state index in [1.54, 1.807) is 0 Å². The van der Waals surface area contributed by atoms with Crippen LogP contribution in [-0.2, 0) is 19.4 Å². The van der Waals surface area contributed by atoms with Gasteiger partial charge in [0.1, 0.15) is 0 Å². The van der Waals surface area contributed by atoms with Crippen LogP contribution in [0.2, 0.25) is 0 Å². The molecule has 0 saturated heterocycles. The Morgan fingerprint density at radius 3 is 2.60 bits per heavy atom. The van der Waals surface area contributed by atoms with Crippen molar-refractivity contribution in [3.05, 3.63) is 90.4 Å². The van der Waals surface area contributed by atoms with Crippen molar-refractivity contribution in [2.24, 2.45) is 0 Å². The summed E-state index contributed by atoms with van der Waals surface area (Å²) in [4.78, 5) is 4.63. The number of rotatable bonds is 7. The fraction of sp³-hybridized carbons (Fsp3) is 0.227. The van der Waals surface area contributed by atoms with E-state index in [4.69, 9.17) is 0 Å². The lowest BCUT2D eigenvalue weighted by Crippen LogP contribution is -2.11. The lowest BCUT2D eigenvalue weighted by atomic mass is 10.1. The fourth-order valence-electron chi connectivity index (χ4n) is 3.09. The van der Waals surface area contributed by atoms with E-state index in [-0.39, 0.29) is 0 Å². The van der Waals surface area contributed by atoms with Crippen molar-refractivity contribution >= 4 is 0 Å². The fourth-order valence-corrected chi connectivity index (χ4v) is 3.09. The number of aliphatic hydroxyl groups excluding tert-OH is 1. The lowest BCUT2D eigenvalue weighted by Gasteiger charge is -2.13. The molecule has 0 fully saturated rings. The molecule has 3 rings (SSSR count). The average molecular weight is 332 g/mol. The van der Waals surface area contributed by atoms with Gasteiger partial charge in [-0.15, -0.1) is 6.58 Å². The predicted molar refractivity (Wildman–Crippen MR) is 102 cm³/mol. The van der Waals surface area contributed by atoms with Gasteiger partial charge in [-0.3, -0.25) is 0 Å². The van der Waals surface area contributed by atoms with Crippen molar-refractivity contribution in [2.45, 2.75) is 32.4 Å². The van der Waals surface area contributed by atoms with Gasteiger partial charge in [0.2, 0.25) is 0 Å². The van der Waals surface area contributed by atoms with Crippen LogP contribution in [0.25, 0.3) is 11.3 Å². The molecule has 0 amide bonds. The Morgan fingerprint density at radius 2 is 1.88 bits per heavy atom. The summed E-state index contributed by atoms with van der Waals surface area (Å²) in [6.07, 6.45) is 4.83. The van der Waals surface area contributed by atoms with Crippen molar-refractivity contribution in [2.75, 3.05) is 0 Å². The molecule has 1 atom stereocenters. The summed E-state index contributed by atoms with van der Waals surface area (Å²) in [5, 5.41) is 9.95. The molecule has 3 aromatic rings. The van der Waals surface area contributed by atoms with Gasteiger partial charge in [-0.1, -0.05) is 60.7 Å². The SMILES string of the molecule is C=CCc1cccc(Cn2cnc(-c3ccccc3)c2CC(C)O)c1. The molecule has 0 aliphatic carbocycles. The van der Waals surface area contributed by atoms with E-state index in [0.29, 0.717) is 6.42 Å². The number of aliphatic hydroxyl groups is 1. The van der Waals surface area contributed by atoms with Gasteiger partial charge in [-0.2, -0.15) is 0 Å². The van der Waals surface area contributed by atoms with Crippen LogP contribution in [0.1, 0.15) is 23.7 Å². The minimum absolute atomic E-state index is 0.412. The zero-order chi connectivity index (χ0) is 17.6. The first-order valence-corrected chi connectivity index (χ1v) is 8.63. The molecular formula is C22H24N2O. The maximum absolute atomic E-state index is 9.95. The van der Waals surface area contributed by atoms with Crippen molar-refractivity contribution in [1.82, 2.24) is 9.55 Å². The normalized spacial score (nSPS) is 12.1. The topological polar surface area (TPSA) is 38.0 Å². The monoisotopic (exact) mass is 332 g/mol. The smallest absolute Gasteiger partial charge is 0.0959 e. The molecular weight excluding hydrogens is 308 g/mol. The van der Waals surface area contributed by atoms with Gasteiger partial charge in [0, 0.05) is 24.2 Å². The van der Waals surface area contributed by atoms with Gasteiger partial charge in [0.25, 0.3) is 0 Å². The van der Waals surface area contributed by atoms with Crippen LogP contribution in [-0.4, -0.2) is 20.8 Å². The highest BCUT2D eigenvalue weighted by atomic mass is 16.3. The summed E-state index contributed by atoms with van der Waals surface area (Å²) >= 11 is 0. The van der Waals surface area contributed by atoms with Gasteiger partial charge in [-0.05, 0) is 24.5 Å². The molecule has 0 bridgehead atoms. The van der Waals surface area contributed by atoms with Gasteiger partial charge < -0.3 is 9.67 Å².